The van der Waals surface area contributed by atoms with E-state index in [1.807, 2.05) is 56.3 Å². The highest BCUT2D eigenvalue weighted by Gasteiger charge is 2.75. The first-order valence-electron chi connectivity index (χ1n) is 14.7. The van der Waals surface area contributed by atoms with E-state index in [0.29, 0.717) is 36.0 Å². The predicted octanol–water partition coefficient (Wildman–Crippen LogP) is 2.95. The number of anilines is 2. The fourth-order valence-corrected chi connectivity index (χ4v) is 7.14. The predicted molar refractivity (Wildman–Crippen MR) is 160 cm³/mol. The molecule has 1 N–H and O–H groups in total. The number of nitrogens with zero attached hydrogens (tertiary/aromatic N) is 3. The molecule has 226 valence electrons. The van der Waals surface area contributed by atoms with Crippen LogP contribution in [0.1, 0.15) is 20.8 Å². The minimum Gasteiger partial charge on any atom is -0.497 e. The van der Waals surface area contributed by atoms with E-state index in [-0.39, 0.29) is 30.9 Å². The van der Waals surface area contributed by atoms with Gasteiger partial charge in [0.25, 0.3) is 5.91 Å². The van der Waals surface area contributed by atoms with Gasteiger partial charge in [-0.25, -0.2) is 0 Å². The monoisotopic (exact) mass is 587 g/mol. The Balaban J connectivity index is 1.43. The molecular weight excluding hydrogens is 550 g/mol. The summed E-state index contributed by atoms with van der Waals surface area (Å²) < 4.78 is 17.7. The van der Waals surface area contributed by atoms with E-state index in [1.54, 1.807) is 54.2 Å². The van der Waals surface area contributed by atoms with E-state index in [2.05, 4.69) is 0 Å². The van der Waals surface area contributed by atoms with Crippen LogP contribution in [0.4, 0.5) is 11.4 Å². The number of ether oxygens (including phenoxy) is 3. The Hall–Kier alpha value is -4.15. The SMILES string of the molecule is CCOc1ccc(N2CC=C[C@]3(C)O[C@]45C=CCN(c6ccc(OC)cc6)C(=O)C4N([C@H](C)CO)C(=O)[C@@H]5[C@@H]3C2=O)cc1. The summed E-state index contributed by atoms with van der Waals surface area (Å²) in [4.78, 5) is 48.1. The molecule has 10 nitrogen and oxygen atoms in total. The number of carbonyl (C=O) groups excluding carboxylic acids is 3. The molecule has 2 fully saturated rings. The van der Waals surface area contributed by atoms with E-state index in [4.69, 9.17) is 14.2 Å². The van der Waals surface area contributed by atoms with Crippen molar-refractivity contribution >= 4 is 29.1 Å². The first-order valence-corrected chi connectivity index (χ1v) is 14.7. The molecule has 2 aromatic carbocycles. The molecule has 6 atom stereocenters. The molecule has 0 aliphatic carbocycles. The molecule has 4 aliphatic rings. The van der Waals surface area contributed by atoms with Crippen LogP contribution in [-0.2, 0) is 19.1 Å². The zero-order chi connectivity index (χ0) is 30.5. The Morgan fingerprint density at radius 3 is 2.05 bits per heavy atom. The summed E-state index contributed by atoms with van der Waals surface area (Å²) in [6.45, 7) is 6.15. The topological polar surface area (TPSA) is 109 Å². The second-order valence-corrected chi connectivity index (χ2v) is 11.6. The van der Waals surface area contributed by atoms with Crippen LogP contribution in [0.5, 0.6) is 11.5 Å². The van der Waals surface area contributed by atoms with E-state index >= 15 is 0 Å². The summed E-state index contributed by atoms with van der Waals surface area (Å²) in [5, 5.41) is 10.2. The fourth-order valence-electron chi connectivity index (χ4n) is 7.14. The second-order valence-electron chi connectivity index (χ2n) is 11.6. The molecule has 0 saturated carbocycles. The summed E-state index contributed by atoms with van der Waals surface area (Å²) in [7, 11) is 1.57. The van der Waals surface area contributed by atoms with Crippen molar-refractivity contribution in [2.24, 2.45) is 11.8 Å². The van der Waals surface area contributed by atoms with Crippen LogP contribution in [0, 0.1) is 11.8 Å². The lowest BCUT2D eigenvalue weighted by molar-refractivity contribution is -0.147. The van der Waals surface area contributed by atoms with Gasteiger partial charge in [-0.2, -0.15) is 0 Å². The molecule has 1 unspecified atom stereocenters. The molecule has 43 heavy (non-hydrogen) atoms. The van der Waals surface area contributed by atoms with Crippen molar-refractivity contribution in [2.75, 3.05) is 43.2 Å². The highest BCUT2D eigenvalue weighted by Crippen LogP contribution is 2.58. The van der Waals surface area contributed by atoms with Gasteiger partial charge in [-0.3, -0.25) is 14.4 Å². The number of methoxy groups -OCH3 is 1. The van der Waals surface area contributed by atoms with Gasteiger partial charge in [-0.15, -0.1) is 0 Å². The van der Waals surface area contributed by atoms with Gasteiger partial charge in [-0.05, 0) is 69.3 Å². The van der Waals surface area contributed by atoms with E-state index < -0.39 is 35.1 Å². The lowest BCUT2D eigenvalue weighted by Crippen LogP contribution is -2.58. The van der Waals surface area contributed by atoms with Gasteiger partial charge in [0.2, 0.25) is 11.8 Å². The minimum atomic E-state index is -1.42. The normalized spacial score (nSPS) is 30.5. The molecular formula is C33H37N3O7. The third-order valence-corrected chi connectivity index (χ3v) is 9.08. The number of amides is 3. The van der Waals surface area contributed by atoms with Crippen molar-refractivity contribution in [3.8, 4) is 11.5 Å². The highest BCUT2D eigenvalue weighted by atomic mass is 16.5. The maximum atomic E-state index is 14.5. The number of aliphatic hydroxyl groups excluding tert-OH is 1. The maximum Gasteiger partial charge on any atom is 0.253 e. The van der Waals surface area contributed by atoms with Crippen LogP contribution in [0.2, 0.25) is 0 Å². The number of fused-ring (bicyclic) bond motifs is 2. The van der Waals surface area contributed by atoms with Crippen molar-refractivity contribution in [1.29, 1.82) is 0 Å². The summed E-state index contributed by atoms with van der Waals surface area (Å²) in [5.74, 6) is -1.53. The smallest absolute Gasteiger partial charge is 0.253 e. The summed E-state index contributed by atoms with van der Waals surface area (Å²) >= 11 is 0. The van der Waals surface area contributed by atoms with Crippen molar-refractivity contribution in [2.45, 2.75) is 44.1 Å². The van der Waals surface area contributed by atoms with Crippen LogP contribution >= 0.6 is 0 Å². The molecule has 2 saturated heterocycles. The minimum absolute atomic E-state index is 0.249. The van der Waals surface area contributed by atoms with E-state index in [0.717, 1.165) is 0 Å². The van der Waals surface area contributed by atoms with Gasteiger partial charge in [0.05, 0.1) is 43.8 Å². The van der Waals surface area contributed by atoms with Gasteiger partial charge in [0.1, 0.15) is 23.1 Å². The van der Waals surface area contributed by atoms with Crippen LogP contribution in [0.3, 0.4) is 0 Å². The maximum absolute atomic E-state index is 14.5. The van der Waals surface area contributed by atoms with Gasteiger partial charge in [-0.1, -0.05) is 24.3 Å². The van der Waals surface area contributed by atoms with Crippen molar-refractivity contribution in [3.05, 3.63) is 72.8 Å². The number of benzene rings is 2. The molecule has 6 rings (SSSR count). The average Bonchev–Trinajstić information content (AvgIpc) is 3.29. The molecule has 4 heterocycles. The molecule has 0 aromatic heterocycles. The second kappa shape index (κ2) is 10.8. The molecule has 4 aliphatic heterocycles. The molecule has 3 amide bonds. The van der Waals surface area contributed by atoms with Gasteiger partial charge in [0, 0.05) is 24.5 Å². The Morgan fingerprint density at radius 2 is 1.47 bits per heavy atom. The van der Waals surface area contributed by atoms with Crippen molar-refractivity contribution in [1.82, 2.24) is 4.90 Å². The van der Waals surface area contributed by atoms with Gasteiger partial charge in [0.15, 0.2) is 0 Å². The summed E-state index contributed by atoms with van der Waals surface area (Å²) in [6.07, 6.45) is 7.37. The number of hydrogen-bond donors (Lipinski definition) is 1. The standard InChI is InChI=1S/C33H37N3O7/c1-5-42-25-14-10-22(11-15-25)34-18-6-16-32(3)26(29(34)38)27-30(39)36(21(2)20-37)28-31(40)35(19-7-17-33(27,28)43-32)23-8-12-24(41-4)13-9-23/h6-17,21,26-28,37H,5,18-20H2,1-4H3/t21-,26-,27+,28?,32+,33+/m1/s1. The fraction of sp³-hybridized carbons (Fsp3) is 0.424. The zero-order valence-corrected chi connectivity index (χ0v) is 24.8. The first kappa shape index (κ1) is 28.9. The number of aliphatic hydroxyl groups is 1. The number of carbonyl (C=O) groups is 3. The third-order valence-electron chi connectivity index (χ3n) is 9.08. The zero-order valence-electron chi connectivity index (χ0n) is 24.8. The van der Waals surface area contributed by atoms with Gasteiger partial charge < -0.3 is 34.0 Å². The third kappa shape index (κ3) is 4.42. The Bertz CT molecular complexity index is 1470. The summed E-state index contributed by atoms with van der Waals surface area (Å²) in [5.41, 5.74) is -1.26. The lowest BCUT2D eigenvalue weighted by atomic mass is 9.74. The van der Waals surface area contributed by atoms with Gasteiger partial charge >= 0.3 is 0 Å². The molecule has 0 radical (unpaired) electrons. The number of rotatable bonds is 7. The van der Waals surface area contributed by atoms with Crippen LogP contribution in [-0.4, -0.2) is 84.4 Å². The van der Waals surface area contributed by atoms with Crippen LogP contribution < -0.4 is 19.3 Å². The van der Waals surface area contributed by atoms with Crippen LogP contribution in [0.15, 0.2) is 72.8 Å². The number of hydrogen-bond acceptors (Lipinski definition) is 7. The first-order chi connectivity index (χ1) is 20.7. The van der Waals surface area contributed by atoms with Crippen molar-refractivity contribution in [3.63, 3.8) is 0 Å². The number of likely N-dealkylation sites (tertiary alicyclic amines) is 1. The van der Waals surface area contributed by atoms with E-state index in [1.165, 1.54) is 4.90 Å². The molecule has 0 bridgehead atoms. The molecule has 10 heteroatoms. The Morgan fingerprint density at radius 1 is 0.884 bits per heavy atom. The Kier molecular flexibility index (Phi) is 7.30. The quantitative estimate of drug-likeness (QED) is 0.497. The molecule has 2 aromatic rings. The van der Waals surface area contributed by atoms with Crippen molar-refractivity contribution < 1.29 is 33.7 Å². The average molecular weight is 588 g/mol. The Labute approximate surface area is 251 Å². The largest absolute Gasteiger partial charge is 0.497 e. The molecule has 1 spiro atoms. The summed E-state index contributed by atoms with van der Waals surface area (Å²) in [6, 6.07) is 12.6. The lowest BCUT2D eigenvalue weighted by Gasteiger charge is -2.39. The van der Waals surface area contributed by atoms with E-state index in [9.17, 15) is 19.5 Å². The highest BCUT2D eigenvalue weighted by molar-refractivity contribution is 6.07. The van der Waals surface area contributed by atoms with Crippen LogP contribution in [0.25, 0.3) is 0 Å².